The highest BCUT2D eigenvalue weighted by Crippen LogP contribution is 2.26. The van der Waals surface area contributed by atoms with Crippen molar-refractivity contribution in [1.29, 1.82) is 0 Å². The molecule has 0 bridgehead atoms. The molecule has 4 heteroatoms. The van der Waals surface area contributed by atoms with Crippen molar-refractivity contribution in [2.75, 3.05) is 13.1 Å². The maximum absolute atomic E-state index is 10.7. The van der Waals surface area contributed by atoms with Gasteiger partial charge in [0.1, 0.15) is 6.04 Å². The molecule has 0 heterocycles. The lowest BCUT2D eigenvalue weighted by Gasteiger charge is -2.28. The summed E-state index contributed by atoms with van der Waals surface area (Å²) in [5.74, 6) is -0.975. The molecule has 4 N–H and O–H groups in total. The monoisotopic (exact) mass is 264 g/mol. The third kappa shape index (κ3) is 4.33. The quantitative estimate of drug-likeness (QED) is 0.729. The number of carbonyl (C=O) groups is 1. The molecule has 1 unspecified atom stereocenters. The Bertz CT molecular complexity index is 455. The Labute approximate surface area is 115 Å². The lowest BCUT2D eigenvalue weighted by molar-refractivity contribution is -0.138. The van der Waals surface area contributed by atoms with Crippen LogP contribution in [0.5, 0.6) is 0 Å². The number of aliphatic carboxylic acids is 1. The number of carboxylic acid groups (broad SMARTS) is 1. The first-order chi connectivity index (χ1) is 8.74. The predicted octanol–water partition coefficient (Wildman–Crippen LogP) is 1.58. The fourth-order valence-electron chi connectivity index (χ4n) is 2.30. The summed E-state index contributed by atoms with van der Waals surface area (Å²) in [5.41, 5.74) is 9.19. The summed E-state index contributed by atoms with van der Waals surface area (Å²) in [4.78, 5) is 10.7. The highest BCUT2D eigenvalue weighted by molar-refractivity contribution is 5.73. The van der Waals surface area contributed by atoms with Crippen LogP contribution in [-0.2, 0) is 10.2 Å². The van der Waals surface area contributed by atoms with Gasteiger partial charge in [0.25, 0.3) is 0 Å². The highest BCUT2D eigenvalue weighted by atomic mass is 16.4. The van der Waals surface area contributed by atoms with Gasteiger partial charge in [-0.3, -0.25) is 4.79 Å². The summed E-state index contributed by atoms with van der Waals surface area (Å²) in [6, 6.07) is 5.56. The van der Waals surface area contributed by atoms with Gasteiger partial charge in [0.2, 0.25) is 0 Å². The number of rotatable bonds is 6. The van der Waals surface area contributed by atoms with Gasteiger partial charge >= 0.3 is 5.97 Å². The van der Waals surface area contributed by atoms with Gasteiger partial charge in [0.05, 0.1) is 0 Å². The number of aryl methyl sites for hydroxylation is 2. The maximum Gasteiger partial charge on any atom is 0.321 e. The molecule has 0 saturated heterocycles. The summed E-state index contributed by atoms with van der Waals surface area (Å²) in [5, 5.41) is 11.9. The van der Waals surface area contributed by atoms with Crippen molar-refractivity contribution in [2.45, 2.75) is 39.2 Å². The Balaban J connectivity index is 2.67. The molecule has 4 nitrogen and oxygen atoms in total. The van der Waals surface area contributed by atoms with E-state index in [0.29, 0.717) is 6.54 Å². The minimum atomic E-state index is -0.975. The van der Waals surface area contributed by atoms with Crippen molar-refractivity contribution in [3.63, 3.8) is 0 Å². The third-order valence-corrected chi connectivity index (χ3v) is 3.36. The molecular formula is C15H24N2O2. The zero-order valence-electron chi connectivity index (χ0n) is 12.2. The van der Waals surface area contributed by atoms with Crippen molar-refractivity contribution in [1.82, 2.24) is 5.32 Å². The van der Waals surface area contributed by atoms with Crippen LogP contribution in [0.1, 0.15) is 30.5 Å². The molecule has 0 saturated carbocycles. The number of nitrogens with one attached hydrogen (secondary N) is 1. The van der Waals surface area contributed by atoms with Crippen molar-refractivity contribution in [3.05, 3.63) is 34.9 Å². The van der Waals surface area contributed by atoms with Crippen LogP contribution in [0.4, 0.5) is 0 Å². The molecule has 0 fully saturated rings. The first-order valence-electron chi connectivity index (χ1n) is 6.51. The van der Waals surface area contributed by atoms with Crippen LogP contribution in [-0.4, -0.2) is 30.2 Å². The van der Waals surface area contributed by atoms with Crippen LogP contribution in [0.3, 0.4) is 0 Å². The molecule has 1 rings (SSSR count). The number of nitrogens with two attached hydrogens (primary N) is 1. The molecule has 0 amide bonds. The molecule has 0 aliphatic rings. The highest BCUT2D eigenvalue weighted by Gasteiger charge is 2.22. The topological polar surface area (TPSA) is 75.3 Å². The van der Waals surface area contributed by atoms with Gasteiger partial charge in [0, 0.05) is 18.5 Å². The van der Waals surface area contributed by atoms with Crippen LogP contribution >= 0.6 is 0 Å². The minimum absolute atomic E-state index is 0.0595. The summed E-state index contributed by atoms with van der Waals surface area (Å²) in [7, 11) is 0. The van der Waals surface area contributed by atoms with E-state index >= 15 is 0 Å². The molecule has 19 heavy (non-hydrogen) atoms. The summed E-state index contributed by atoms with van der Waals surface area (Å²) in [6.07, 6.45) is 0. The molecule has 0 aliphatic carbocycles. The van der Waals surface area contributed by atoms with E-state index < -0.39 is 12.0 Å². The van der Waals surface area contributed by atoms with Crippen LogP contribution in [0.25, 0.3) is 0 Å². The van der Waals surface area contributed by atoms with Crippen molar-refractivity contribution in [2.24, 2.45) is 5.73 Å². The average molecular weight is 264 g/mol. The zero-order chi connectivity index (χ0) is 14.6. The van der Waals surface area contributed by atoms with Gasteiger partial charge in [-0.15, -0.1) is 0 Å². The molecule has 1 aromatic rings. The smallest absolute Gasteiger partial charge is 0.321 e. The van der Waals surface area contributed by atoms with Gasteiger partial charge in [-0.25, -0.2) is 0 Å². The molecule has 0 spiro atoms. The molecule has 0 radical (unpaired) electrons. The van der Waals surface area contributed by atoms with Crippen molar-refractivity contribution < 1.29 is 9.90 Å². The van der Waals surface area contributed by atoms with E-state index in [4.69, 9.17) is 10.8 Å². The average Bonchev–Trinajstić information content (AvgIpc) is 2.27. The van der Waals surface area contributed by atoms with Crippen molar-refractivity contribution in [3.8, 4) is 0 Å². The summed E-state index contributed by atoms with van der Waals surface area (Å²) in [6.45, 7) is 9.44. The van der Waals surface area contributed by atoms with Gasteiger partial charge in [-0.1, -0.05) is 37.6 Å². The standard InChI is InChI=1S/C15H24N2O2/c1-10-5-6-12(11(2)7-10)15(3,4)9-17-8-13(16)14(18)19/h5-7,13,17H,8-9,16H2,1-4H3,(H,18,19). The second-order valence-electron chi connectivity index (χ2n) is 5.78. The van der Waals surface area contributed by atoms with Crippen LogP contribution in [0.15, 0.2) is 18.2 Å². The van der Waals surface area contributed by atoms with Crippen LogP contribution in [0, 0.1) is 13.8 Å². The minimum Gasteiger partial charge on any atom is -0.480 e. The lowest BCUT2D eigenvalue weighted by atomic mass is 9.81. The molecule has 0 aliphatic heterocycles. The largest absolute Gasteiger partial charge is 0.480 e. The number of hydrogen-bond acceptors (Lipinski definition) is 3. The number of carboxylic acids is 1. The van der Waals surface area contributed by atoms with Crippen LogP contribution < -0.4 is 11.1 Å². The second kappa shape index (κ2) is 6.17. The summed E-state index contributed by atoms with van der Waals surface area (Å²) >= 11 is 0. The number of hydrogen-bond donors (Lipinski definition) is 3. The molecular weight excluding hydrogens is 240 g/mol. The Morgan fingerprint density at radius 3 is 2.58 bits per heavy atom. The van der Waals surface area contributed by atoms with E-state index in [9.17, 15) is 4.79 Å². The van der Waals surface area contributed by atoms with E-state index in [1.54, 1.807) is 0 Å². The molecule has 1 aromatic carbocycles. The van der Waals surface area contributed by atoms with E-state index in [1.807, 2.05) is 0 Å². The first-order valence-corrected chi connectivity index (χ1v) is 6.51. The van der Waals surface area contributed by atoms with E-state index in [-0.39, 0.29) is 12.0 Å². The van der Waals surface area contributed by atoms with Gasteiger partial charge < -0.3 is 16.2 Å². The summed E-state index contributed by atoms with van der Waals surface area (Å²) < 4.78 is 0. The fraction of sp³-hybridized carbons (Fsp3) is 0.533. The Hall–Kier alpha value is -1.39. The van der Waals surface area contributed by atoms with Gasteiger partial charge in [-0.05, 0) is 25.0 Å². The Morgan fingerprint density at radius 1 is 1.42 bits per heavy atom. The lowest BCUT2D eigenvalue weighted by Crippen LogP contribution is -2.44. The molecule has 106 valence electrons. The third-order valence-electron chi connectivity index (χ3n) is 3.36. The fourth-order valence-corrected chi connectivity index (χ4v) is 2.30. The van der Waals surface area contributed by atoms with Gasteiger partial charge in [-0.2, -0.15) is 0 Å². The van der Waals surface area contributed by atoms with Crippen molar-refractivity contribution >= 4 is 5.97 Å². The predicted molar refractivity (Wildman–Crippen MR) is 77.4 cm³/mol. The van der Waals surface area contributed by atoms with Crippen LogP contribution in [0.2, 0.25) is 0 Å². The van der Waals surface area contributed by atoms with E-state index in [1.165, 1.54) is 16.7 Å². The van der Waals surface area contributed by atoms with E-state index in [2.05, 4.69) is 51.2 Å². The Kier molecular flexibility index (Phi) is 5.09. The normalized spacial score (nSPS) is 13.3. The Morgan fingerprint density at radius 2 is 2.05 bits per heavy atom. The first kappa shape index (κ1) is 15.7. The molecule has 1 atom stereocenters. The SMILES string of the molecule is Cc1ccc(C(C)(C)CNCC(N)C(=O)O)c(C)c1. The van der Waals surface area contributed by atoms with Gasteiger partial charge in [0.15, 0.2) is 0 Å². The van der Waals surface area contributed by atoms with E-state index in [0.717, 1.165) is 0 Å². The molecule has 0 aromatic heterocycles. The second-order valence-corrected chi connectivity index (χ2v) is 5.78. The zero-order valence-corrected chi connectivity index (χ0v) is 12.2. The number of benzene rings is 1. The maximum atomic E-state index is 10.7.